The van der Waals surface area contributed by atoms with Crippen molar-refractivity contribution in [2.45, 2.75) is 18.1 Å². The minimum atomic E-state index is -3.09. The van der Waals surface area contributed by atoms with E-state index in [4.69, 9.17) is 4.74 Å². The zero-order valence-corrected chi connectivity index (χ0v) is 10.7. The van der Waals surface area contributed by atoms with Crippen molar-refractivity contribution in [3.8, 4) is 5.88 Å². The molecule has 1 atom stereocenters. The third-order valence-electron chi connectivity index (χ3n) is 3.17. The Morgan fingerprint density at radius 3 is 2.94 bits per heavy atom. The smallest absolute Gasteiger partial charge is 0.216 e. The highest BCUT2D eigenvalue weighted by molar-refractivity contribution is 7.91. The maximum atomic E-state index is 11.9. The van der Waals surface area contributed by atoms with Gasteiger partial charge in [0.05, 0.1) is 12.9 Å². The average molecular weight is 267 g/mol. The summed E-state index contributed by atoms with van der Waals surface area (Å²) in [4.78, 5) is 4.29. The number of hydrogen-bond donors (Lipinski definition) is 0. The van der Waals surface area contributed by atoms with Gasteiger partial charge in [0, 0.05) is 6.07 Å². The van der Waals surface area contributed by atoms with Crippen LogP contribution in [0.15, 0.2) is 18.2 Å². The van der Waals surface area contributed by atoms with Crippen LogP contribution in [-0.4, -0.2) is 35.9 Å². The second kappa shape index (κ2) is 3.94. The standard InChI is InChI=1S/C11H13N3O3S/c1-17-10-6-2-5-9-12-11(13-14(9)10)8-4-3-7-18(8,15)16/h2,5-6,8H,3-4,7H2,1H3. The summed E-state index contributed by atoms with van der Waals surface area (Å²) in [5.74, 6) is 1.14. The number of ether oxygens (including phenoxy) is 1. The predicted molar refractivity (Wildman–Crippen MR) is 65.3 cm³/mol. The van der Waals surface area contributed by atoms with Gasteiger partial charge in [0.15, 0.2) is 21.3 Å². The molecule has 2 aromatic rings. The third-order valence-corrected chi connectivity index (χ3v) is 5.34. The van der Waals surface area contributed by atoms with Crippen molar-refractivity contribution >= 4 is 15.5 Å². The molecule has 1 aliphatic heterocycles. The number of fused-ring (bicyclic) bond motifs is 1. The lowest BCUT2D eigenvalue weighted by atomic mass is 10.2. The topological polar surface area (TPSA) is 73.6 Å². The van der Waals surface area contributed by atoms with Crippen molar-refractivity contribution in [1.29, 1.82) is 0 Å². The van der Waals surface area contributed by atoms with Gasteiger partial charge in [0.1, 0.15) is 5.25 Å². The largest absolute Gasteiger partial charge is 0.481 e. The summed E-state index contributed by atoms with van der Waals surface area (Å²) in [7, 11) is -1.54. The highest BCUT2D eigenvalue weighted by Gasteiger charge is 2.35. The van der Waals surface area contributed by atoms with Gasteiger partial charge in [-0.25, -0.2) is 13.4 Å². The maximum absolute atomic E-state index is 11.9. The summed E-state index contributed by atoms with van der Waals surface area (Å²) in [6.45, 7) is 0. The lowest BCUT2D eigenvalue weighted by molar-refractivity contribution is 0.385. The number of methoxy groups -OCH3 is 1. The molecule has 6 nitrogen and oxygen atoms in total. The van der Waals surface area contributed by atoms with Gasteiger partial charge < -0.3 is 4.74 Å². The van der Waals surface area contributed by atoms with E-state index in [1.807, 2.05) is 0 Å². The van der Waals surface area contributed by atoms with E-state index in [1.165, 1.54) is 4.52 Å². The minimum Gasteiger partial charge on any atom is -0.481 e. The van der Waals surface area contributed by atoms with Crippen LogP contribution >= 0.6 is 0 Å². The van der Waals surface area contributed by atoms with E-state index in [0.717, 1.165) is 0 Å². The average Bonchev–Trinajstić information content (AvgIpc) is 2.90. The van der Waals surface area contributed by atoms with E-state index in [9.17, 15) is 8.42 Å². The van der Waals surface area contributed by atoms with Gasteiger partial charge in [0.25, 0.3) is 0 Å². The van der Waals surface area contributed by atoms with Crippen molar-refractivity contribution in [3.63, 3.8) is 0 Å². The molecule has 3 heterocycles. The van der Waals surface area contributed by atoms with Crippen molar-refractivity contribution in [3.05, 3.63) is 24.0 Å². The molecule has 1 fully saturated rings. The van der Waals surface area contributed by atoms with Crippen molar-refractivity contribution in [1.82, 2.24) is 14.6 Å². The third kappa shape index (κ3) is 1.66. The first-order valence-corrected chi connectivity index (χ1v) is 7.44. The van der Waals surface area contributed by atoms with Crippen LogP contribution in [0.5, 0.6) is 5.88 Å². The van der Waals surface area contributed by atoms with Crippen LogP contribution < -0.4 is 4.74 Å². The normalized spacial score (nSPS) is 22.4. The molecular weight excluding hydrogens is 254 g/mol. The fraction of sp³-hybridized carbons (Fsp3) is 0.455. The highest BCUT2D eigenvalue weighted by atomic mass is 32.2. The van der Waals surface area contributed by atoms with Crippen LogP contribution in [0.1, 0.15) is 23.9 Å². The Bertz CT molecular complexity index is 693. The number of nitrogens with zero attached hydrogens (tertiary/aromatic N) is 3. The van der Waals surface area contributed by atoms with Crippen LogP contribution in [0.3, 0.4) is 0 Å². The second-order valence-corrected chi connectivity index (χ2v) is 6.61. The Kier molecular flexibility index (Phi) is 2.51. The van der Waals surface area contributed by atoms with Gasteiger partial charge in [-0.05, 0) is 18.9 Å². The molecular formula is C11H13N3O3S. The molecule has 2 aromatic heterocycles. The molecule has 1 unspecified atom stereocenters. The number of pyridine rings is 1. The zero-order valence-electron chi connectivity index (χ0n) is 9.91. The SMILES string of the molecule is COc1cccc2nc(C3CCCS3(=O)=O)nn12. The summed E-state index contributed by atoms with van der Waals surface area (Å²) < 4.78 is 30.4. The molecule has 0 spiro atoms. The highest BCUT2D eigenvalue weighted by Crippen LogP contribution is 2.33. The maximum Gasteiger partial charge on any atom is 0.216 e. The summed E-state index contributed by atoms with van der Waals surface area (Å²) in [5, 5.41) is 3.70. The lowest BCUT2D eigenvalue weighted by Gasteiger charge is -2.03. The van der Waals surface area contributed by atoms with Gasteiger partial charge in [-0.1, -0.05) is 6.07 Å². The molecule has 0 amide bonds. The van der Waals surface area contributed by atoms with Gasteiger partial charge in [0.2, 0.25) is 5.88 Å². The number of aromatic nitrogens is 3. The molecule has 0 saturated carbocycles. The zero-order chi connectivity index (χ0) is 12.8. The first-order valence-electron chi connectivity index (χ1n) is 5.73. The molecule has 1 saturated heterocycles. The Hall–Kier alpha value is -1.63. The second-order valence-electron chi connectivity index (χ2n) is 4.31. The van der Waals surface area contributed by atoms with E-state index in [0.29, 0.717) is 30.2 Å². The Balaban J connectivity index is 2.14. The summed E-state index contributed by atoms with van der Waals surface area (Å²) in [5.41, 5.74) is 0.603. The van der Waals surface area contributed by atoms with Gasteiger partial charge in [-0.15, -0.1) is 5.10 Å². The van der Waals surface area contributed by atoms with Crippen LogP contribution in [0, 0.1) is 0 Å². The lowest BCUT2D eigenvalue weighted by Crippen LogP contribution is -2.09. The summed E-state index contributed by atoms with van der Waals surface area (Å²) >= 11 is 0. The van der Waals surface area contributed by atoms with Crippen LogP contribution in [-0.2, 0) is 9.84 Å². The quantitative estimate of drug-likeness (QED) is 0.811. The van der Waals surface area contributed by atoms with Crippen molar-refractivity contribution in [2.75, 3.05) is 12.9 Å². The Morgan fingerprint density at radius 1 is 1.44 bits per heavy atom. The minimum absolute atomic E-state index is 0.227. The fourth-order valence-electron chi connectivity index (χ4n) is 2.27. The number of rotatable bonds is 2. The molecule has 96 valence electrons. The first-order chi connectivity index (χ1) is 8.62. The molecule has 0 N–H and O–H groups in total. The molecule has 0 aliphatic carbocycles. The van der Waals surface area contributed by atoms with E-state index in [1.54, 1.807) is 25.3 Å². The first kappa shape index (κ1) is 11.5. The van der Waals surface area contributed by atoms with Gasteiger partial charge >= 0.3 is 0 Å². The summed E-state index contributed by atoms with van der Waals surface area (Å²) in [6.07, 6.45) is 1.28. The van der Waals surface area contributed by atoms with Gasteiger partial charge in [-0.2, -0.15) is 4.52 Å². The van der Waals surface area contributed by atoms with Crippen LogP contribution in [0.25, 0.3) is 5.65 Å². The molecule has 0 radical (unpaired) electrons. The Labute approximate surface area is 105 Å². The molecule has 18 heavy (non-hydrogen) atoms. The van der Waals surface area contributed by atoms with Crippen molar-refractivity contribution in [2.24, 2.45) is 0 Å². The van der Waals surface area contributed by atoms with E-state index in [-0.39, 0.29) is 5.75 Å². The van der Waals surface area contributed by atoms with E-state index >= 15 is 0 Å². The summed E-state index contributed by atoms with van der Waals surface area (Å²) in [6, 6.07) is 5.34. The van der Waals surface area contributed by atoms with Gasteiger partial charge in [-0.3, -0.25) is 0 Å². The monoisotopic (exact) mass is 267 g/mol. The number of sulfone groups is 1. The molecule has 0 aromatic carbocycles. The fourth-order valence-corrected chi connectivity index (χ4v) is 4.07. The number of hydrogen-bond acceptors (Lipinski definition) is 5. The molecule has 7 heteroatoms. The van der Waals surface area contributed by atoms with E-state index < -0.39 is 15.1 Å². The van der Waals surface area contributed by atoms with E-state index in [2.05, 4.69) is 10.1 Å². The molecule has 0 bridgehead atoms. The van der Waals surface area contributed by atoms with Crippen LogP contribution in [0.4, 0.5) is 0 Å². The Morgan fingerprint density at radius 2 is 2.28 bits per heavy atom. The predicted octanol–water partition coefficient (Wildman–Crippen LogP) is 0.988. The molecule has 3 rings (SSSR count). The van der Waals surface area contributed by atoms with Crippen LogP contribution in [0.2, 0.25) is 0 Å². The van der Waals surface area contributed by atoms with Crippen molar-refractivity contribution < 1.29 is 13.2 Å². The molecule has 1 aliphatic rings.